The van der Waals surface area contributed by atoms with Crippen LogP contribution in [-0.4, -0.2) is 68.3 Å². The van der Waals surface area contributed by atoms with Crippen LogP contribution in [0.3, 0.4) is 0 Å². The van der Waals surface area contributed by atoms with Gasteiger partial charge in [-0.25, -0.2) is 0 Å². The fourth-order valence-electron chi connectivity index (χ4n) is 4.47. The molecule has 31 heavy (non-hydrogen) atoms. The molecule has 2 N–H and O–H groups in total. The van der Waals surface area contributed by atoms with Gasteiger partial charge in [0.1, 0.15) is 11.8 Å². The van der Waals surface area contributed by atoms with Gasteiger partial charge in [0.15, 0.2) is 0 Å². The van der Waals surface area contributed by atoms with Crippen molar-refractivity contribution in [2.24, 2.45) is 0 Å². The van der Waals surface area contributed by atoms with Crippen molar-refractivity contribution in [3.05, 3.63) is 35.9 Å². The topological polar surface area (TPSA) is 79.9 Å². The lowest BCUT2D eigenvalue weighted by Crippen LogP contribution is -2.60. The van der Waals surface area contributed by atoms with Crippen LogP contribution < -0.4 is 15.4 Å². The fraction of sp³-hybridized carbons (Fsp3) is 0.583. The van der Waals surface area contributed by atoms with Gasteiger partial charge in [-0.1, -0.05) is 31.4 Å². The van der Waals surface area contributed by atoms with Gasteiger partial charge in [0.2, 0.25) is 11.8 Å². The molecule has 2 fully saturated rings. The maximum absolute atomic E-state index is 12.7. The Morgan fingerprint density at radius 1 is 1.16 bits per heavy atom. The summed E-state index contributed by atoms with van der Waals surface area (Å²) in [6.45, 7) is 5.67. The third-order valence-corrected chi connectivity index (χ3v) is 6.35. The van der Waals surface area contributed by atoms with Crippen LogP contribution in [0.15, 0.2) is 30.3 Å². The van der Waals surface area contributed by atoms with E-state index in [-0.39, 0.29) is 17.4 Å². The lowest BCUT2D eigenvalue weighted by molar-refractivity contribution is -0.127. The second-order valence-corrected chi connectivity index (χ2v) is 8.44. The molecular weight excluding hydrogens is 394 g/mol. The number of nitrogens with zero attached hydrogens (tertiary/aromatic N) is 1. The quantitative estimate of drug-likeness (QED) is 0.620. The van der Waals surface area contributed by atoms with E-state index in [1.165, 1.54) is 25.3 Å². The molecule has 1 unspecified atom stereocenters. The van der Waals surface area contributed by atoms with Gasteiger partial charge in [-0.05, 0) is 43.5 Å². The van der Waals surface area contributed by atoms with E-state index in [9.17, 15) is 9.59 Å². The summed E-state index contributed by atoms with van der Waals surface area (Å²) in [6.07, 6.45) is 8.99. The van der Waals surface area contributed by atoms with Gasteiger partial charge in [0.05, 0.1) is 20.3 Å². The molecule has 2 aliphatic rings. The molecule has 0 bridgehead atoms. The van der Waals surface area contributed by atoms with Crippen molar-refractivity contribution >= 4 is 17.9 Å². The van der Waals surface area contributed by atoms with Gasteiger partial charge in [0.25, 0.3) is 0 Å². The molecule has 1 aromatic rings. The minimum absolute atomic E-state index is 0.00961. The summed E-state index contributed by atoms with van der Waals surface area (Å²) < 4.78 is 10.6. The van der Waals surface area contributed by atoms with Crippen LogP contribution in [0.5, 0.6) is 5.75 Å². The molecule has 1 aromatic carbocycles. The summed E-state index contributed by atoms with van der Waals surface area (Å²) in [5, 5.41) is 5.86. The largest absolute Gasteiger partial charge is 0.497 e. The van der Waals surface area contributed by atoms with Gasteiger partial charge < -0.3 is 20.1 Å². The van der Waals surface area contributed by atoms with E-state index >= 15 is 0 Å². The average Bonchev–Trinajstić information content (AvgIpc) is 2.82. The van der Waals surface area contributed by atoms with Crippen molar-refractivity contribution in [3.63, 3.8) is 0 Å². The predicted octanol–water partition coefficient (Wildman–Crippen LogP) is 2.36. The third kappa shape index (κ3) is 6.55. The lowest BCUT2D eigenvalue weighted by Gasteiger charge is -2.48. The van der Waals surface area contributed by atoms with Crippen molar-refractivity contribution < 1.29 is 19.1 Å². The third-order valence-electron chi connectivity index (χ3n) is 6.35. The summed E-state index contributed by atoms with van der Waals surface area (Å²) in [5.41, 5.74) is 0.896. The fourth-order valence-corrected chi connectivity index (χ4v) is 4.47. The van der Waals surface area contributed by atoms with E-state index in [1.807, 2.05) is 24.3 Å². The Labute approximate surface area is 185 Å². The smallest absolute Gasteiger partial charge is 0.244 e. The highest BCUT2D eigenvalue weighted by atomic mass is 16.5. The zero-order chi connectivity index (χ0) is 22.1. The number of amides is 2. The number of benzene rings is 1. The summed E-state index contributed by atoms with van der Waals surface area (Å²) >= 11 is 0. The number of methoxy groups -OCH3 is 1. The van der Waals surface area contributed by atoms with Crippen LogP contribution in [-0.2, 0) is 14.3 Å². The first-order valence-corrected chi connectivity index (χ1v) is 11.3. The molecular formula is C24H35N3O4. The Morgan fingerprint density at radius 3 is 2.48 bits per heavy atom. The predicted molar refractivity (Wildman–Crippen MR) is 121 cm³/mol. The Bertz CT molecular complexity index is 751. The van der Waals surface area contributed by atoms with Crippen LogP contribution in [0.2, 0.25) is 0 Å². The number of ether oxygens (including phenoxy) is 2. The highest BCUT2D eigenvalue weighted by molar-refractivity contribution is 5.95. The molecule has 7 heteroatoms. The molecule has 170 valence electrons. The SMILES string of the molecule is COc1ccc(/C=C/C(=O)NC(C)C(=O)NCC2(N3CCOCC3)CCCCC2)cc1. The monoisotopic (exact) mass is 429 g/mol. The molecule has 1 aliphatic carbocycles. The first-order valence-electron chi connectivity index (χ1n) is 11.3. The first-order chi connectivity index (χ1) is 15.0. The maximum Gasteiger partial charge on any atom is 0.244 e. The van der Waals surface area contributed by atoms with E-state index in [0.717, 1.165) is 50.5 Å². The minimum atomic E-state index is -0.599. The van der Waals surface area contributed by atoms with Crippen molar-refractivity contribution in [2.45, 2.75) is 50.6 Å². The Kier molecular flexibility index (Phi) is 8.49. The summed E-state index contributed by atoms with van der Waals surface area (Å²) in [6, 6.07) is 6.81. The van der Waals surface area contributed by atoms with Crippen LogP contribution in [0, 0.1) is 0 Å². The minimum Gasteiger partial charge on any atom is -0.497 e. The van der Waals surface area contributed by atoms with E-state index < -0.39 is 6.04 Å². The lowest BCUT2D eigenvalue weighted by atomic mass is 9.79. The van der Waals surface area contributed by atoms with Gasteiger partial charge in [-0.2, -0.15) is 0 Å². The molecule has 1 aliphatic heterocycles. The molecule has 3 rings (SSSR count). The zero-order valence-electron chi connectivity index (χ0n) is 18.7. The van der Waals surface area contributed by atoms with Crippen molar-refractivity contribution in [1.82, 2.24) is 15.5 Å². The van der Waals surface area contributed by atoms with Crippen molar-refractivity contribution in [3.8, 4) is 5.75 Å². The van der Waals surface area contributed by atoms with E-state index in [0.29, 0.717) is 6.54 Å². The molecule has 1 heterocycles. The molecule has 0 radical (unpaired) electrons. The van der Waals surface area contributed by atoms with Gasteiger partial charge in [-0.3, -0.25) is 14.5 Å². The van der Waals surface area contributed by atoms with Crippen LogP contribution in [0.4, 0.5) is 0 Å². The van der Waals surface area contributed by atoms with Crippen LogP contribution in [0.1, 0.15) is 44.6 Å². The number of hydrogen-bond acceptors (Lipinski definition) is 5. The highest BCUT2D eigenvalue weighted by Gasteiger charge is 2.39. The number of morpholine rings is 1. The summed E-state index contributed by atoms with van der Waals surface area (Å²) in [5.74, 6) is 0.322. The number of hydrogen-bond donors (Lipinski definition) is 2. The molecule has 0 spiro atoms. The second-order valence-electron chi connectivity index (χ2n) is 8.44. The Hall–Kier alpha value is -2.38. The number of carbonyl (C=O) groups is 2. The normalized spacial score (nSPS) is 20.2. The molecule has 1 saturated carbocycles. The van der Waals surface area contributed by atoms with Gasteiger partial charge in [-0.15, -0.1) is 0 Å². The summed E-state index contributed by atoms with van der Waals surface area (Å²) in [7, 11) is 1.61. The molecule has 0 aromatic heterocycles. The molecule has 1 atom stereocenters. The van der Waals surface area contributed by atoms with Crippen molar-refractivity contribution in [2.75, 3.05) is 40.0 Å². The van der Waals surface area contributed by atoms with E-state index in [4.69, 9.17) is 9.47 Å². The second kappa shape index (κ2) is 11.3. The average molecular weight is 430 g/mol. The first kappa shape index (κ1) is 23.3. The van der Waals surface area contributed by atoms with Gasteiger partial charge >= 0.3 is 0 Å². The number of nitrogens with one attached hydrogen (secondary N) is 2. The van der Waals surface area contributed by atoms with E-state index in [1.54, 1.807) is 20.1 Å². The summed E-state index contributed by atoms with van der Waals surface area (Å²) in [4.78, 5) is 27.4. The standard InChI is InChI=1S/C24H35N3O4/c1-19(26-22(28)11-8-20-6-9-21(30-2)10-7-20)23(29)25-18-24(12-4-3-5-13-24)27-14-16-31-17-15-27/h6-11,19H,3-5,12-18H2,1-2H3,(H,25,29)(H,26,28)/b11-8+. The highest BCUT2D eigenvalue weighted by Crippen LogP contribution is 2.33. The number of carbonyl (C=O) groups excluding carboxylic acids is 2. The molecule has 1 saturated heterocycles. The molecule has 2 amide bonds. The van der Waals surface area contributed by atoms with Crippen molar-refractivity contribution in [1.29, 1.82) is 0 Å². The van der Waals surface area contributed by atoms with Gasteiger partial charge in [0, 0.05) is 31.2 Å². The number of rotatable bonds is 8. The van der Waals surface area contributed by atoms with E-state index in [2.05, 4.69) is 15.5 Å². The zero-order valence-corrected chi connectivity index (χ0v) is 18.7. The Morgan fingerprint density at radius 2 is 1.84 bits per heavy atom. The maximum atomic E-state index is 12.7. The molecule has 7 nitrogen and oxygen atoms in total. The van der Waals surface area contributed by atoms with Crippen LogP contribution >= 0.6 is 0 Å². The van der Waals surface area contributed by atoms with Crippen LogP contribution in [0.25, 0.3) is 6.08 Å². The Balaban J connectivity index is 1.50.